The van der Waals surface area contributed by atoms with Crippen LogP contribution in [0, 0.1) is 0 Å². The first-order chi connectivity index (χ1) is 33.5. The van der Waals surface area contributed by atoms with E-state index in [0.717, 1.165) is 40.3 Å². The second-order valence-electron chi connectivity index (χ2n) is 20.4. The van der Waals surface area contributed by atoms with Gasteiger partial charge in [0.2, 0.25) is 0 Å². The minimum absolute atomic E-state index is 0.0244. The van der Waals surface area contributed by atoms with E-state index in [-0.39, 0.29) is 11.3 Å². The zero-order chi connectivity index (χ0) is 47.4. The summed E-state index contributed by atoms with van der Waals surface area (Å²) in [4.78, 5) is 7.54. The Balaban J connectivity index is 1.09. The predicted molar refractivity (Wildman–Crippen MR) is 290 cm³/mol. The fraction of sp³-hybridized carbons (Fsp3) is 0.185. The molecule has 0 amide bonds. The molecule has 0 aliphatic carbocycles. The molecule has 0 spiro atoms. The highest BCUT2D eigenvalue weighted by molar-refractivity contribution is 6.09. The molecular weight excluding hydrogens is 839 g/mol. The number of nitrogens with zero attached hydrogens (tertiary/aromatic N) is 3. The number of anilines is 2. The van der Waals surface area contributed by atoms with Gasteiger partial charge in [-0.2, -0.15) is 0 Å². The minimum Gasteiger partial charge on any atom is -0.457 e. The lowest BCUT2D eigenvalue weighted by atomic mass is 9.83. The largest absolute Gasteiger partial charge is 0.457 e. The quantitative estimate of drug-likeness (QED) is 0.137. The molecule has 2 aromatic heterocycles. The molecule has 1 unspecified atom stereocenters. The van der Waals surface area contributed by atoms with Gasteiger partial charge in [-0.25, -0.2) is 4.98 Å². The average molecular weight is 898 g/mol. The standard InChI is InChI=1S/C65H59N3O/c1-42(2)51-26-18-27-52(43(3)4)63(51)47-36-46(37-50(38-47)69-49-32-33-57-55-24-15-17-31-60(55)68(61(57)40-49)62-39-48(34-35-66-62)65(5,6)7)58-41-67(59-30-16-14-25-56(58)59)64-53(44-20-10-8-11-21-44)28-19-29-54(64)45-22-12-9-13-23-45/h8-40,42-43,58H,41H2,1-7H3. The predicted octanol–water partition coefficient (Wildman–Crippen LogP) is 17.8. The molecule has 0 radical (unpaired) electrons. The molecule has 0 fully saturated rings. The SMILES string of the molecule is CC(C)c1cccc(C(C)C)c1-c1cc(Oc2ccc3c4ccccc4n(-c4cc(C(C)(C)C)ccn4)c3c2)cc(C2CN(c3c(-c4ccccc4)cccc3-c3ccccc3)c3ccccc32)c1. The van der Waals surface area contributed by atoms with Gasteiger partial charge in [0.15, 0.2) is 0 Å². The fourth-order valence-corrected chi connectivity index (χ4v) is 10.8. The molecule has 8 aromatic carbocycles. The van der Waals surface area contributed by atoms with Crippen molar-refractivity contribution in [3.63, 3.8) is 0 Å². The van der Waals surface area contributed by atoms with E-state index < -0.39 is 0 Å². The van der Waals surface area contributed by atoms with Crippen LogP contribution in [0.4, 0.5) is 11.4 Å². The van der Waals surface area contributed by atoms with Gasteiger partial charge in [-0.15, -0.1) is 0 Å². The number of aromatic nitrogens is 2. The van der Waals surface area contributed by atoms with Gasteiger partial charge >= 0.3 is 0 Å². The van der Waals surface area contributed by atoms with Crippen molar-refractivity contribution in [1.82, 2.24) is 9.55 Å². The van der Waals surface area contributed by atoms with Crippen LogP contribution >= 0.6 is 0 Å². The summed E-state index contributed by atoms with van der Waals surface area (Å²) in [7, 11) is 0. The van der Waals surface area contributed by atoms with E-state index in [9.17, 15) is 0 Å². The van der Waals surface area contributed by atoms with Gasteiger partial charge in [-0.3, -0.25) is 4.57 Å². The molecule has 0 saturated carbocycles. The molecule has 10 aromatic rings. The van der Waals surface area contributed by atoms with E-state index in [1.807, 2.05) is 6.20 Å². The second-order valence-corrected chi connectivity index (χ2v) is 20.4. The van der Waals surface area contributed by atoms with Crippen LogP contribution < -0.4 is 9.64 Å². The summed E-state index contributed by atoms with van der Waals surface area (Å²) in [5, 5.41) is 2.35. The minimum atomic E-state index is -0.0244. The van der Waals surface area contributed by atoms with Crippen molar-refractivity contribution in [2.45, 2.75) is 71.6 Å². The van der Waals surface area contributed by atoms with Crippen LogP contribution in [0.15, 0.2) is 200 Å². The van der Waals surface area contributed by atoms with Gasteiger partial charge in [0.1, 0.15) is 17.3 Å². The normalized spacial score (nSPS) is 13.8. The third-order valence-electron chi connectivity index (χ3n) is 14.2. The van der Waals surface area contributed by atoms with Crippen molar-refractivity contribution in [2.75, 3.05) is 11.4 Å². The topological polar surface area (TPSA) is 30.3 Å². The Hall–Kier alpha value is -7.69. The smallest absolute Gasteiger partial charge is 0.137 e. The van der Waals surface area contributed by atoms with E-state index in [0.29, 0.717) is 11.8 Å². The highest BCUT2D eigenvalue weighted by Crippen LogP contribution is 2.51. The Morgan fingerprint density at radius 1 is 0.536 bits per heavy atom. The Bertz CT molecular complexity index is 3420. The number of para-hydroxylation sites is 3. The number of pyridine rings is 1. The van der Waals surface area contributed by atoms with Crippen molar-refractivity contribution in [3.8, 4) is 50.7 Å². The van der Waals surface area contributed by atoms with Gasteiger partial charge in [0, 0.05) is 52.3 Å². The Labute approximate surface area is 407 Å². The maximum Gasteiger partial charge on any atom is 0.137 e. The molecule has 0 bridgehead atoms. The summed E-state index contributed by atoms with van der Waals surface area (Å²) in [6, 6.07) is 70.9. The van der Waals surface area contributed by atoms with Crippen LogP contribution in [0.25, 0.3) is 61.0 Å². The molecule has 1 atom stereocenters. The van der Waals surface area contributed by atoms with Crippen LogP contribution in [0.2, 0.25) is 0 Å². The number of fused-ring (bicyclic) bond motifs is 4. The first-order valence-electron chi connectivity index (χ1n) is 24.6. The fourth-order valence-electron chi connectivity index (χ4n) is 10.8. The van der Waals surface area contributed by atoms with Crippen LogP contribution in [-0.4, -0.2) is 16.1 Å². The van der Waals surface area contributed by atoms with Gasteiger partial charge in [-0.1, -0.05) is 188 Å². The second kappa shape index (κ2) is 17.8. The molecule has 3 heterocycles. The van der Waals surface area contributed by atoms with Gasteiger partial charge in [-0.05, 0) is 116 Å². The van der Waals surface area contributed by atoms with Crippen LogP contribution in [-0.2, 0) is 5.41 Å². The maximum absolute atomic E-state index is 7.22. The monoisotopic (exact) mass is 897 g/mol. The lowest BCUT2D eigenvalue weighted by Gasteiger charge is -2.27. The molecule has 11 rings (SSSR count). The zero-order valence-corrected chi connectivity index (χ0v) is 40.7. The van der Waals surface area contributed by atoms with Crippen molar-refractivity contribution < 1.29 is 4.74 Å². The summed E-state index contributed by atoms with van der Waals surface area (Å²) in [6.07, 6.45) is 1.94. The number of benzene rings is 8. The Kier molecular flexibility index (Phi) is 11.3. The maximum atomic E-state index is 7.22. The summed E-state index contributed by atoms with van der Waals surface area (Å²) in [5.41, 5.74) is 18.4. The molecule has 4 nitrogen and oxygen atoms in total. The molecule has 1 aliphatic heterocycles. The van der Waals surface area contributed by atoms with Gasteiger partial charge in [0.25, 0.3) is 0 Å². The molecule has 0 saturated heterocycles. The Morgan fingerprint density at radius 3 is 1.84 bits per heavy atom. The third kappa shape index (κ3) is 8.08. The summed E-state index contributed by atoms with van der Waals surface area (Å²) in [5.74, 6) is 3.20. The number of hydrogen-bond acceptors (Lipinski definition) is 3. The lowest BCUT2D eigenvalue weighted by Crippen LogP contribution is -2.18. The molecule has 0 N–H and O–H groups in total. The first-order valence-corrected chi connectivity index (χ1v) is 24.6. The van der Waals surface area contributed by atoms with Crippen LogP contribution in [0.3, 0.4) is 0 Å². The van der Waals surface area contributed by atoms with Crippen LogP contribution in [0.5, 0.6) is 11.5 Å². The third-order valence-corrected chi connectivity index (χ3v) is 14.2. The zero-order valence-electron chi connectivity index (χ0n) is 40.7. The molecule has 69 heavy (non-hydrogen) atoms. The van der Waals surface area contributed by atoms with Gasteiger partial charge < -0.3 is 9.64 Å². The number of rotatable bonds is 10. The molecule has 4 heteroatoms. The summed E-state index contributed by atoms with van der Waals surface area (Å²) < 4.78 is 9.52. The van der Waals surface area contributed by atoms with Crippen molar-refractivity contribution in [2.24, 2.45) is 0 Å². The summed E-state index contributed by atoms with van der Waals surface area (Å²) in [6.45, 7) is 16.8. The number of ether oxygens (including phenoxy) is 1. The summed E-state index contributed by atoms with van der Waals surface area (Å²) >= 11 is 0. The molecular formula is C65H59N3O. The van der Waals surface area contributed by atoms with E-state index in [1.54, 1.807) is 0 Å². The Morgan fingerprint density at radius 2 is 1.16 bits per heavy atom. The van der Waals surface area contributed by atoms with Crippen LogP contribution in [0.1, 0.15) is 94.0 Å². The van der Waals surface area contributed by atoms with Gasteiger partial charge in [0.05, 0.1) is 16.7 Å². The van der Waals surface area contributed by atoms with E-state index in [2.05, 4.69) is 252 Å². The highest BCUT2D eigenvalue weighted by atomic mass is 16.5. The van der Waals surface area contributed by atoms with E-state index in [4.69, 9.17) is 9.72 Å². The van der Waals surface area contributed by atoms with Crippen molar-refractivity contribution in [3.05, 3.63) is 228 Å². The highest BCUT2D eigenvalue weighted by Gasteiger charge is 2.34. The first kappa shape index (κ1) is 43.9. The molecule has 1 aliphatic rings. The van der Waals surface area contributed by atoms with Crippen molar-refractivity contribution >= 4 is 33.2 Å². The van der Waals surface area contributed by atoms with E-state index >= 15 is 0 Å². The lowest BCUT2D eigenvalue weighted by molar-refractivity contribution is 0.482. The van der Waals surface area contributed by atoms with Crippen molar-refractivity contribution in [1.29, 1.82) is 0 Å². The molecule has 340 valence electrons. The van der Waals surface area contributed by atoms with E-state index in [1.165, 1.54) is 78.0 Å². The number of hydrogen-bond donors (Lipinski definition) is 0. The average Bonchev–Trinajstić information content (AvgIpc) is 3.92.